The van der Waals surface area contributed by atoms with Gasteiger partial charge in [0.25, 0.3) is 0 Å². The number of hydrogen-bond donors (Lipinski definition) is 4. The molecule has 0 aliphatic carbocycles. The number of carbonyl (C=O) groups is 1. The van der Waals surface area contributed by atoms with Gasteiger partial charge in [-0.15, -0.1) is 0 Å². The minimum Gasteiger partial charge on any atom is -0.477 e. The Morgan fingerprint density at radius 2 is 2.50 bits per heavy atom. The van der Waals surface area contributed by atoms with Crippen LogP contribution < -0.4 is 5.73 Å². The van der Waals surface area contributed by atoms with Crippen LogP contribution in [0.4, 0.5) is 0 Å². The topological polar surface area (TPSA) is 96.5 Å². The van der Waals surface area contributed by atoms with Crippen molar-refractivity contribution in [3.63, 3.8) is 0 Å². The van der Waals surface area contributed by atoms with E-state index in [2.05, 4.69) is 15.7 Å². The van der Waals surface area contributed by atoms with Crippen molar-refractivity contribution in [3.05, 3.63) is 16.7 Å². The van der Waals surface area contributed by atoms with Crippen molar-refractivity contribution in [1.82, 2.24) is 9.97 Å². The summed E-state index contributed by atoms with van der Waals surface area (Å²) in [5, 5.41) is 8.54. The Kier molecular flexibility index (Phi) is 2.61. The zero-order chi connectivity index (χ0) is 9.14. The van der Waals surface area contributed by atoms with Gasteiger partial charge in [0.05, 0.1) is 6.42 Å². The van der Waals surface area contributed by atoms with E-state index in [0.717, 1.165) is 5.69 Å². The molecule has 0 saturated heterocycles. The molecule has 0 bridgehead atoms. The van der Waals surface area contributed by atoms with Crippen molar-refractivity contribution >= 4 is 18.2 Å². The van der Waals surface area contributed by atoms with E-state index < -0.39 is 12.0 Å². The van der Waals surface area contributed by atoms with E-state index in [9.17, 15) is 4.79 Å². The summed E-state index contributed by atoms with van der Waals surface area (Å²) < 4.78 is 0.502. The van der Waals surface area contributed by atoms with Crippen LogP contribution in [0.1, 0.15) is 5.69 Å². The Balaban J connectivity index is 2.64. The Labute approximate surface area is 73.6 Å². The van der Waals surface area contributed by atoms with E-state index in [1.165, 1.54) is 0 Å². The maximum absolute atomic E-state index is 10.4. The molecule has 1 aromatic rings. The number of aromatic amines is 2. The average molecular weight is 188 g/mol. The summed E-state index contributed by atoms with van der Waals surface area (Å²) in [5.41, 5.74) is 4.24. The van der Waals surface area contributed by atoms with Gasteiger partial charge < -0.3 is 20.8 Å². The largest absolute Gasteiger partial charge is 0.477 e. The van der Waals surface area contributed by atoms with E-state index >= 15 is 0 Å². The van der Waals surface area contributed by atoms with Crippen LogP contribution in [0.25, 0.3) is 0 Å². The number of carboxylic acids is 1. The first-order chi connectivity index (χ1) is 5.59. The molecule has 0 aromatic carbocycles. The molecular formula is C6H10N3O2S+. The summed E-state index contributed by atoms with van der Waals surface area (Å²) >= 11 is 4.77. The van der Waals surface area contributed by atoms with Crippen molar-refractivity contribution in [3.8, 4) is 0 Å². The lowest BCUT2D eigenvalue weighted by Gasteiger charge is -1.98. The molecule has 66 valence electrons. The van der Waals surface area contributed by atoms with Crippen LogP contribution in [-0.4, -0.2) is 27.1 Å². The third-order valence-electron chi connectivity index (χ3n) is 1.47. The van der Waals surface area contributed by atoms with Gasteiger partial charge in [-0.05, 0) is 12.2 Å². The first kappa shape index (κ1) is 8.95. The zero-order valence-corrected chi connectivity index (χ0v) is 7.15. The Morgan fingerprint density at radius 3 is 2.92 bits per heavy atom. The minimum atomic E-state index is -0.907. The summed E-state index contributed by atoms with van der Waals surface area (Å²) in [6.07, 6.45) is 2.02. The van der Waals surface area contributed by atoms with Gasteiger partial charge in [0.15, 0.2) is 10.8 Å². The van der Waals surface area contributed by atoms with E-state index in [0.29, 0.717) is 11.2 Å². The fourth-order valence-electron chi connectivity index (χ4n) is 0.833. The van der Waals surface area contributed by atoms with Crippen LogP contribution >= 0.6 is 12.2 Å². The smallest absolute Gasteiger partial charge is 0.362 e. The minimum absolute atomic E-state index is 0.364. The number of H-pyrrole nitrogens is 2. The molecule has 12 heavy (non-hydrogen) atoms. The molecule has 1 aromatic heterocycles. The first-order valence-electron chi connectivity index (χ1n) is 3.42. The van der Waals surface area contributed by atoms with Gasteiger partial charge in [-0.2, -0.15) is 0 Å². The molecule has 1 atom stereocenters. The van der Waals surface area contributed by atoms with Gasteiger partial charge in [0, 0.05) is 11.9 Å². The highest BCUT2D eigenvalue weighted by atomic mass is 32.1. The van der Waals surface area contributed by atoms with Gasteiger partial charge in [-0.25, -0.2) is 4.79 Å². The second-order valence-electron chi connectivity index (χ2n) is 2.51. The number of aliphatic carboxylic acids is 1. The number of imidazole rings is 1. The third kappa shape index (κ3) is 2.18. The molecule has 0 unspecified atom stereocenters. The zero-order valence-electron chi connectivity index (χ0n) is 6.33. The van der Waals surface area contributed by atoms with Crippen molar-refractivity contribution in [2.75, 3.05) is 0 Å². The quantitative estimate of drug-likeness (QED) is 0.473. The molecule has 0 aliphatic heterocycles. The second kappa shape index (κ2) is 3.51. The normalized spacial score (nSPS) is 12.8. The van der Waals surface area contributed by atoms with Crippen LogP contribution in [0.15, 0.2) is 6.20 Å². The predicted molar refractivity (Wildman–Crippen MR) is 44.0 cm³/mol. The lowest BCUT2D eigenvalue weighted by molar-refractivity contribution is -0.407. The molecular weight excluding hydrogens is 178 g/mol. The average Bonchev–Trinajstić information content (AvgIpc) is 2.35. The molecule has 0 aliphatic rings. The Morgan fingerprint density at radius 1 is 1.83 bits per heavy atom. The predicted octanol–water partition coefficient (Wildman–Crippen LogP) is -0.690. The fraction of sp³-hybridized carbons (Fsp3) is 0.333. The molecule has 0 radical (unpaired) electrons. The lowest BCUT2D eigenvalue weighted by Crippen LogP contribution is -2.66. The number of aromatic nitrogens is 2. The number of hydrogen-bond acceptors (Lipinski definition) is 2. The van der Waals surface area contributed by atoms with Crippen LogP contribution in [0, 0.1) is 4.77 Å². The number of quaternary nitrogens is 1. The highest BCUT2D eigenvalue weighted by Crippen LogP contribution is 1.96. The maximum atomic E-state index is 10.4. The van der Waals surface area contributed by atoms with Crippen LogP contribution in [0.5, 0.6) is 0 Å². The fourth-order valence-corrected chi connectivity index (χ4v) is 1.02. The van der Waals surface area contributed by atoms with Crippen LogP contribution in [-0.2, 0) is 11.2 Å². The van der Waals surface area contributed by atoms with E-state index in [1.54, 1.807) is 6.20 Å². The van der Waals surface area contributed by atoms with Gasteiger partial charge >= 0.3 is 5.97 Å². The van der Waals surface area contributed by atoms with Crippen molar-refractivity contribution in [2.24, 2.45) is 0 Å². The van der Waals surface area contributed by atoms with Crippen LogP contribution in [0.2, 0.25) is 0 Å². The van der Waals surface area contributed by atoms with E-state index in [1.807, 2.05) is 0 Å². The SMILES string of the molecule is [NH3+][C@@H](Cc1c[nH]c(=S)[nH]1)C(=O)O. The molecule has 1 rings (SSSR count). The number of rotatable bonds is 3. The molecule has 1 heterocycles. The van der Waals surface area contributed by atoms with Gasteiger partial charge in [-0.3, -0.25) is 0 Å². The molecule has 0 spiro atoms. The molecule has 0 fully saturated rings. The first-order valence-corrected chi connectivity index (χ1v) is 3.83. The molecule has 0 saturated carbocycles. The summed E-state index contributed by atoms with van der Waals surface area (Å²) in [6.45, 7) is 0. The summed E-state index contributed by atoms with van der Waals surface area (Å²) in [6, 6.07) is -0.633. The monoisotopic (exact) mass is 188 g/mol. The highest BCUT2D eigenvalue weighted by molar-refractivity contribution is 7.71. The third-order valence-corrected chi connectivity index (χ3v) is 1.69. The van der Waals surface area contributed by atoms with Gasteiger partial charge in [0.1, 0.15) is 0 Å². The lowest BCUT2D eigenvalue weighted by atomic mass is 10.2. The Hall–Kier alpha value is -1.14. The van der Waals surface area contributed by atoms with Crippen molar-refractivity contribution in [2.45, 2.75) is 12.5 Å². The van der Waals surface area contributed by atoms with Crippen molar-refractivity contribution in [1.29, 1.82) is 0 Å². The second-order valence-corrected chi connectivity index (χ2v) is 2.92. The molecule has 5 nitrogen and oxygen atoms in total. The molecule has 6 heteroatoms. The summed E-state index contributed by atoms with van der Waals surface area (Å²) in [5.74, 6) is -0.907. The maximum Gasteiger partial charge on any atom is 0.362 e. The van der Waals surface area contributed by atoms with Gasteiger partial charge in [-0.1, -0.05) is 0 Å². The molecule has 6 N–H and O–H groups in total. The van der Waals surface area contributed by atoms with Crippen molar-refractivity contribution < 1.29 is 15.6 Å². The van der Waals surface area contributed by atoms with E-state index in [-0.39, 0.29) is 0 Å². The summed E-state index contributed by atoms with van der Waals surface area (Å²) in [4.78, 5) is 16.0. The number of carboxylic acid groups (broad SMARTS) is 1. The van der Waals surface area contributed by atoms with E-state index in [4.69, 9.17) is 17.3 Å². The standard InChI is InChI=1S/C6H9N3O2S/c7-4(5(10)11)1-3-2-8-6(12)9-3/h2,4H,1,7H2,(H,10,11)(H2,8,9,12)/p+1/t4-/m0/s1. The molecule has 0 amide bonds. The summed E-state index contributed by atoms with van der Waals surface area (Å²) in [7, 11) is 0. The highest BCUT2D eigenvalue weighted by Gasteiger charge is 2.16. The van der Waals surface area contributed by atoms with Gasteiger partial charge in [0.2, 0.25) is 0 Å². The number of nitrogens with one attached hydrogen (secondary N) is 2. The Bertz CT molecular complexity index is 330. The van der Waals surface area contributed by atoms with Crippen LogP contribution in [0.3, 0.4) is 0 Å².